The fourth-order valence-corrected chi connectivity index (χ4v) is 4.12. The van der Waals surface area contributed by atoms with E-state index < -0.39 is 6.61 Å². The molecule has 0 spiro atoms. The molecule has 0 amide bonds. The second-order valence-corrected chi connectivity index (χ2v) is 7.98. The Morgan fingerprint density at radius 1 is 1.30 bits per heavy atom. The molecule has 2 aromatic heterocycles. The number of carbonyl (C=O) groups is 1. The number of allylic oxidation sites excluding steroid dienone is 1. The number of Topliss-reactive ketones (excluding diaryl/α,β-unsaturated/α-hetero) is 1. The standard InChI is InChI=1S/C21H22F2N4O2S/c1-5-10-26-12-24-25-21(26)30-15(4)19(28)18-11-13(2)27(14(18)3)16-6-8-17(9-7-16)29-20(22)23/h5-9,11-12,15,20H,1,10H2,2-4H3. The molecule has 30 heavy (non-hydrogen) atoms. The van der Waals surface area contributed by atoms with Crippen LogP contribution in [-0.4, -0.2) is 37.0 Å². The van der Waals surface area contributed by atoms with Crippen LogP contribution >= 0.6 is 11.8 Å². The molecule has 0 aliphatic carbocycles. The highest BCUT2D eigenvalue weighted by atomic mass is 32.2. The lowest BCUT2D eigenvalue weighted by Gasteiger charge is -2.13. The Balaban J connectivity index is 1.82. The van der Waals surface area contributed by atoms with Crippen molar-refractivity contribution in [1.82, 2.24) is 19.3 Å². The van der Waals surface area contributed by atoms with E-state index in [1.54, 1.807) is 24.5 Å². The van der Waals surface area contributed by atoms with Gasteiger partial charge in [-0.25, -0.2) is 0 Å². The fraction of sp³-hybridized carbons (Fsp3) is 0.286. The predicted octanol–water partition coefficient (Wildman–Crippen LogP) is 4.84. The number of hydrogen-bond donors (Lipinski definition) is 0. The van der Waals surface area contributed by atoms with Crippen LogP contribution in [0.5, 0.6) is 5.75 Å². The zero-order chi connectivity index (χ0) is 21.8. The molecule has 0 aliphatic rings. The smallest absolute Gasteiger partial charge is 0.387 e. The van der Waals surface area contributed by atoms with Crippen LogP contribution in [0.25, 0.3) is 5.69 Å². The van der Waals surface area contributed by atoms with Crippen molar-refractivity contribution in [2.24, 2.45) is 0 Å². The lowest BCUT2D eigenvalue weighted by Crippen LogP contribution is -2.15. The Bertz CT molecular complexity index is 1040. The molecule has 0 N–H and O–H groups in total. The summed E-state index contributed by atoms with van der Waals surface area (Å²) in [5, 5.41) is 8.26. The predicted molar refractivity (Wildman–Crippen MR) is 112 cm³/mol. The summed E-state index contributed by atoms with van der Waals surface area (Å²) in [4.78, 5) is 13.1. The summed E-state index contributed by atoms with van der Waals surface area (Å²) < 4.78 is 32.9. The van der Waals surface area contributed by atoms with Crippen LogP contribution in [0.4, 0.5) is 8.78 Å². The van der Waals surface area contributed by atoms with E-state index in [4.69, 9.17) is 0 Å². The number of rotatable bonds is 9. The second-order valence-electron chi connectivity index (χ2n) is 6.67. The van der Waals surface area contributed by atoms with Crippen molar-refractivity contribution in [3.63, 3.8) is 0 Å². The number of thioether (sulfide) groups is 1. The second kappa shape index (κ2) is 9.25. The number of benzene rings is 1. The van der Waals surface area contributed by atoms with Gasteiger partial charge in [0.1, 0.15) is 12.1 Å². The SMILES string of the molecule is C=CCn1cnnc1SC(C)C(=O)c1cc(C)n(-c2ccc(OC(F)F)cc2)c1C. The van der Waals surface area contributed by atoms with E-state index in [1.165, 1.54) is 23.9 Å². The molecule has 0 saturated heterocycles. The Kier molecular flexibility index (Phi) is 6.71. The first-order chi connectivity index (χ1) is 14.3. The van der Waals surface area contributed by atoms with Gasteiger partial charge in [-0.05, 0) is 51.1 Å². The number of ether oxygens (including phenoxy) is 1. The van der Waals surface area contributed by atoms with Crippen molar-refractivity contribution in [3.05, 3.63) is 66.3 Å². The molecule has 0 saturated carbocycles. The third-order valence-corrected chi connectivity index (χ3v) is 5.67. The van der Waals surface area contributed by atoms with Gasteiger partial charge in [-0.2, -0.15) is 8.78 Å². The molecule has 1 atom stereocenters. The average Bonchev–Trinajstić information content (AvgIpc) is 3.25. The van der Waals surface area contributed by atoms with E-state index in [2.05, 4.69) is 21.5 Å². The third-order valence-electron chi connectivity index (χ3n) is 4.57. The Labute approximate surface area is 177 Å². The number of alkyl halides is 2. The summed E-state index contributed by atoms with van der Waals surface area (Å²) in [6.07, 6.45) is 3.35. The van der Waals surface area contributed by atoms with Gasteiger partial charge in [-0.3, -0.25) is 4.79 Å². The molecule has 1 unspecified atom stereocenters. The van der Waals surface area contributed by atoms with E-state index in [0.717, 1.165) is 17.1 Å². The monoisotopic (exact) mass is 432 g/mol. The van der Waals surface area contributed by atoms with Crippen molar-refractivity contribution in [2.45, 2.75) is 44.3 Å². The average molecular weight is 432 g/mol. The maximum atomic E-state index is 13.1. The van der Waals surface area contributed by atoms with Crippen LogP contribution < -0.4 is 4.74 Å². The number of nitrogens with zero attached hydrogens (tertiary/aromatic N) is 4. The number of hydrogen-bond acceptors (Lipinski definition) is 5. The molecule has 1 aromatic carbocycles. The maximum absolute atomic E-state index is 13.1. The number of halogens is 2. The van der Waals surface area contributed by atoms with Crippen molar-refractivity contribution >= 4 is 17.5 Å². The lowest BCUT2D eigenvalue weighted by molar-refractivity contribution is -0.0498. The molecule has 3 rings (SSSR count). The van der Waals surface area contributed by atoms with Gasteiger partial charge < -0.3 is 13.9 Å². The maximum Gasteiger partial charge on any atom is 0.387 e. The zero-order valence-corrected chi connectivity index (χ0v) is 17.7. The molecule has 0 radical (unpaired) electrons. The minimum atomic E-state index is -2.87. The quantitative estimate of drug-likeness (QED) is 0.275. The van der Waals surface area contributed by atoms with Crippen LogP contribution in [0.1, 0.15) is 28.7 Å². The normalized spacial score (nSPS) is 12.2. The van der Waals surface area contributed by atoms with Gasteiger partial charge in [0.25, 0.3) is 0 Å². The molecule has 158 valence electrons. The first-order valence-corrected chi connectivity index (χ1v) is 10.1. The van der Waals surface area contributed by atoms with Crippen molar-refractivity contribution in [1.29, 1.82) is 0 Å². The summed E-state index contributed by atoms with van der Waals surface area (Å²) in [7, 11) is 0. The van der Waals surface area contributed by atoms with Gasteiger partial charge in [0.05, 0.1) is 5.25 Å². The van der Waals surface area contributed by atoms with E-state index in [9.17, 15) is 13.6 Å². The number of aromatic nitrogens is 4. The van der Waals surface area contributed by atoms with Crippen molar-refractivity contribution in [2.75, 3.05) is 0 Å². The van der Waals surface area contributed by atoms with Gasteiger partial charge in [-0.1, -0.05) is 17.8 Å². The Hall–Kier alpha value is -2.94. The fourth-order valence-electron chi connectivity index (χ4n) is 3.22. The third kappa shape index (κ3) is 4.62. The highest BCUT2D eigenvalue weighted by molar-refractivity contribution is 8.00. The summed E-state index contributed by atoms with van der Waals surface area (Å²) in [5.74, 6) is 0.0614. The largest absolute Gasteiger partial charge is 0.435 e. The molecule has 6 nitrogen and oxygen atoms in total. The zero-order valence-electron chi connectivity index (χ0n) is 16.9. The molecule has 3 aromatic rings. The van der Waals surface area contributed by atoms with Crippen LogP contribution in [0.2, 0.25) is 0 Å². The van der Waals surface area contributed by atoms with Gasteiger partial charge in [0.15, 0.2) is 10.9 Å². The van der Waals surface area contributed by atoms with Gasteiger partial charge >= 0.3 is 6.61 Å². The van der Waals surface area contributed by atoms with Gasteiger partial charge in [0.2, 0.25) is 0 Å². The summed E-state index contributed by atoms with van der Waals surface area (Å²) in [6, 6.07) is 8.16. The van der Waals surface area contributed by atoms with Crippen molar-refractivity contribution < 1.29 is 18.3 Å². The highest BCUT2D eigenvalue weighted by Crippen LogP contribution is 2.28. The molecular formula is C21H22F2N4O2S. The molecule has 0 aliphatic heterocycles. The topological polar surface area (TPSA) is 61.9 Å². The summed E-state index contributed by atoms with van der Waals surface area (Å²) >= 11 is 1.34. The number of carbonyl (C=O) groups excluding carboxylic acids is 1. The Morgan fingerprint density at radius 3 is 2.63 bits per heavy atom. The number of ketones is 1. The molecule has 0 bridgehead atoms. The van der Waals surface area contributed by atoms with E-state index in [1.807, 2.05) is 36.0 Å². The molecular weight excluding hydrogens is 410 g/mol. The number of aryl methyl sites for hydroxylation is 1. The lowest BCUT2D eigenvalue weighted by atomic mass is 10.1. The highest BCUT2D eigenvalue weighted by Gasteiger charge is 2.24. The summed E-state index contributed by atoms with van der Waals surface area (Å²) in [6.45, 7) is 7.00. The van der Waals surface area contributed by atoms with Crippen LogP contribution in [-0.2, 0) is 6.54 Å². The minimum absolute atomic E-state index is 0.0230. The van der Waals surface area contributed by atoms with E-state index in [-0.39, 0.29) is 16.8 Å². The first-order valence-electron chi connectivity index (χ1n) is 9.25. The summed E-state index contributed by atoms with van der Waals surface area (Å²) in [5.41, 5.74) is 3.01. The first kappa shape index (κ1) is 21.8. The van der Waals surface area contributed by atoms with Crippen LogP contribution in [0.15, 0.2) is 54.5 Å². The van der Waals surface area contributed by atoms with Gasteiger partial charge in [0, 0.05) is 29.2 Å². The van der Waals surface area contributed by atoms with Crippen LogP contribution in [0, 0.1) is 13.8 Å². The Morgan fingerprint density at radius 2 is 2.00 bits per heavy atom. The van der Waals surface area contributed by atoms with E-state index >= 15 is 0 Å². The molecule has 0 fully saturated rings. The van der Waals surface area contributed by atoms with Gasteiger partial charge in [-0.15, -0.1) is 16.8 Å². The van der Waals surface area contributed by atoms with Crippen molar-refractivity contribution in [3.8, 4) is 11.4 Å². The molecule has 2 heterocycles. The van der Waals surface area contributed by atoms with E-state index in [0.29, 0.717) is 17.3 Å². The minimum Gasteiger partial charge on any atom is -0.435 e. The van der Waals surface area contributed by atoms with Crippen LogP contribution in [0.3, 0.4) is 0 Å². The molecule has 9 heteroatoms.